The Morgan fingerprint density at radius 2 is 1.04 bits per heavy atom. The number of esters is 2. The second-order valence-corrected chi connectivity index (χ2v) is 10.5. The van der Waals surface area contributed by atoms with Crippen LogP contribution < -0.4 is 16.4 Å². The fourth-order valence-corrected chi connectivity index (χ4v) is 4.40. The number of carbonyl (C=O) groups excluding carboxylic acids is 2. The molecule has 9 heteroatoms. The highest BCUT2D eigenvalue weighted by Crippen LogP contribution is 2.20. The number of carboxylic acid groups (broad SMARTS) is 1. The van der Waals surface area contributed by atoms with Crippen LogP contribution in [0.3, 0.4) is 0 Å². The van der Waals surface area contributed by atoms with Gasteiger partial charge < -0.3 is 30.9 Å². The standard InChI is InChI=1S/C14H21NO2.C13H19NO2.C9H11NO2/c1-4-5-6-10-15-13-9-7-8-12(11(13)2)14(16)17-3;1-3-4-5-9-14-12-8-6-7-11(10(12)2)13(15)16;1-6-7(9(11)12-2)4-3-5-8(6)10/h7-9,15H,4-6,10H2,1-3H3;6-8,14H,3-5,9H2,1-2H3,(H,15,16);3-5H,10H2,1-2H3. The zero-order valence-electron chi connectivity index (χ0n) is 27.9. The van der Waals surface area contributed by atoms with Crippen molar-refractivity contribution in [2.45, 2.75) is 73.1 Å². The van der Waals surface area contributed by atoms with Gasteiger partial charge in [-0.1, -0.05) is 57.7 Å². The summed E-state index contributed by atoms with van der Waals surface area (Å²) >= 11 is 0. The molecule has 3 aromatic rings. The lowest BCUT2D eigenvalue weighted by atomic mass is 10.1. The molecule has 0 heterocycles. The summed E-state index contributed by atoms with van der Waals surface area (Å²) in [5.41, 5.74) is 12.2. The molecule has 0 radical (unpaired) electrons. The van der Waals surface area contributed by atoms with Crippen LogP contribution in [-0.4, -0.2) is 50.3 Å². The molecule has 0 aliphatic rings. The molecule has 3 rings (SSSR count). The fourth-order valence-electron chi connectivity index (χ4n) is 4.40. The molecule has 0 unspecified atom stereocenters. The lowest BCUT2D eigenvalue weighted by molar-refractivity contribution is 0.0591. The Morgan fingerprint density at radius 1 is 0.644 bits per heavy atom. The Morgan fingerprint density at radius 3 is 1.47 bits per heavy atom. The summed E-state index contributed by atoms with van der Waals surface area (Å²) in [5, 5.41) is 15.6. The van der Waals surface area contributed by atoms with Gasteiger partial charge in [-0.05, 0) is 86.7 Å². The summed E-state index contributed by atoms with van der Waals surface area (Å²) < 4.78 is 9.33. The lowest BCUT2D eigenvalue weighted by Crippen LogP contribution is -2.08. The van der Waals surface area contributed by atoms with Crippen LogP contribution in [0.4, 0.5) is 17.1 Å². The van der Waals surface area contributed by atoms with Gasteiger partial charge in [-0.15, -0.1) is 0 Å². The van der Waals surface area contributed by atoms with Crippen LogP contribution >= 0.6 is 0 Å². The van der Waals surface area contributed by atoms with E-state index in [1.165, 1.54) is 39.9 Å². The first-order chi connectivity index (χ1) is 21.5. The second-order valence-electron chi connectivity index (χ2n) is 10.5. The van der Waals surface area contributed by atoms with Crippen LogP contribution in [0.2, 0.25) is 0 Å². The molecule has 0 aromatic heterocycles. The maximum absolute atomic E-state index is 11.5. The highest BCUT2D eigenvalue weighted by atomic mass is 16.5. The average Bonchev–Trinajstić information content (AvgIpc) is 3.04. The average molecular weight is 622 g/mol. The van der Waals surface area contributed by atoms with E-state index >= 15 is 0 Å². The van der Waals surface area contributed by atoms with Crippen LogP contribution in [0.1, 0.15) is 100 Å². The monoisotopic (exact) mass is 621 g/mol. The van der Waals surface area contributed by atoms with E-state index in [0.29, 0.717) is 22.4 Å². The Hall–Kier alpha value is -4.53. The number of carboxylic acids is 1. The summed E-state index contributed by atoms with van der Waals surface area (Å²) in [6, 6.07) is 16.2. The molecular weight excluding hydrogens is 570 g/mol. The molecule has 0 fully saturated rings. The first-order valence-electron chi connectivity index (χ1n) is 15.5. The summed E-state index contributed by atoms with van der Waals surface area (Å²) in [4.78, 5) is 33.5. The minimum Gasteiger partial charge on any atom is -0.478 e. The molecule has 0 atom stereocenters. The van der Waals surface area contributed by atoms with E-state index in [1.807, 2.05) is 32.0 Å². The summed E-state index contributed by atoms with van der Waals surface area (Å²) in [5.74, 6) is -1.49. The summed E-state index contributed by atoms with van der Waals surface area (Å²) in [6.45, 7) is 11.8. The van der Waals surface area contributed by atoms with Crippen molar-refractivity contribution in [3.8, 4) is 0 Å². The van der Waals surface area contributed by atoms with E-state index in [-0.39, 0.29) is 11.9 Å². The van der Waals surface area contributed by atoms with Crippen LogP contribution in [0.5, 0.6) is 0 Å². The van der Waals surface area contributed by atoms with Crippen molar-refractivity contribution in [1.82, 2.24) is 0 Å². The van der Waals surface area contributed by atoms with Gasteiger partial charge in [-0.3, -0.25) is 0 Å². The fraction of sp³-hybridized carbons (Fsp3) is 0.417. The van der Waals surface area contributed by atoms with Gasteiger partial charge in [0.1, 0.15) is 0 Å². The van der Waals surface area contributed by atoms with Crippen molar-refractivity contribution in [3.05, 3.63) is 88.0 Å². The number of nitrogen functional groups attached to an aromatic ring is 1. The molecule has 0 saturated carbocycles. The van der Waals surface area contributed by atoms with Gasteiger partial charge in [0.05, 0.1) is 30.9 Å². The first kappa shape index (κ1) is 38.5. The van der Waals surface area contributed by atoms with Gasteiger partial charge in [-0.25, -0.2) is 14.4 Å². The number of aromatic carboxylic acids is 1. The maximum Gasteiger partial charge on any atom is 0.338 e. The molecule has 246 valence electrons. The van der Waals surface area contributed by atoms with Gasteiger partial charge >= 0.3 is 17.9 Å². The number of methoxy groups -OCH3 is 2. The third-order valence-electron chi connectivity index (χ3n) is 7.28. The van der Waals surface area contributed by atoms with E-state index in [2.05, 4.69) is 29.2 Å². The smallest absolute Gasteiger partial charge is 0.338 e. The van der Waals surface area contributed by atoms with E-state index in [9.17, 15) is 14.4 Å². The van der Waals surface area contributed by atoms with Crippen LogP contribution in [0.25, 0.3) is 0 Å². The number of rotatable bonds is 13. The Balaban J connectivity index is 0.000000343. The van der Waals surface area contributed by atoms with Gasteiger partial charge in [0.25, 0.3) is 0 Å². The third-order valence-corrected chi connectivity index (χ3v) is 7.28. The molecule has 0 amide bonds. The third kappa shape index (κ3) is 12.9. The minimum atomic E-state index is -0.866. The predicted molar refractivity (Wildman–Crippen MR) is 184 cm³/mol. The quantitative estimate of drug-likeness (QED) is 0.0848. The van der Waals surface area contributed by atoms with E-state index < -0.39 is 5.97 Å². The number of nitrogens with one attached hydrogen (secondary N) is 2. The molecule has 0 spiro atoms. The normalized spacial score (nSPS) is 9.93. The number of unbranched alkanes of at least 4 members (excludes halogenated alkanes) is 4. The minimum absolute atomic E-state index is 0.278. The number of ether oxygens (including phenoxy) is 2. The zero-order chi connectivity index (χ0) is 33.8. The van der Waals surface area contributed by atoms with Gasteiger partial charge in [0, 0.05) is 30.2 Å². The summed E-state index contributed by atoms with van der Waals surface area (Å²) in [7, 11) is 2.76. The molecule has 0 aliphatic carbocycles. The predicted octanol–water partition coefficient (Wildman–Crippen LogP) is 8.04. The molecule has 5 N–H and O–H groups in total. The van der Waals surface area contributed by atoms with Crippen molar-refractivity contribution in [2.75, 3.05) is 43.7 Å². The first-order valence-corrected chi connectivity index (χ1v) is 15.5. The van der Waals surface area contributed by atoms with E-state index in [0.717, 1.165) is 54.0 Å². The van der Waals surface area contributed by atoms with Crippen molar-refractivity contribution >= 4 is 35.0 Å². The molecule has 0 bridgehead atoms. The number of hydrogen-bond acceptors (Lipinski definition) is 8. The second kappa shape index (κ2) is 21.2. The number of hydrogen-bond donors (Lipinski definition) is 4. The van der Waals surface area contributed by atoms with Gasteiger partial charge in [-0.2, -0.15) is 0 Å². The SMILES string of the molecule is CCCCCNc1cccc(C(=O)O)c1C.CCCCCNc1cccc(C(=O)OC)c1C.COC(=O)c1cccc(N)c1C. The lowest BCUT2D eigenvalue weighted by Gasteiger charge is -2.12. The topological polar surface area (TPSA) is 140 Å². The van der Waals surface area contributed by atoms with Gasteiger partial charge in [0.2, 0.25) is 0 Å². The highest BCUT2D eigenvalue weighted by Gasteiger charge is 2.12. The Bertz CT molecular complexity index is 1370. The number of nitrogens with two attached hydrogens (primary N) is 1. The zero-order valence-corrected chi connectivity index (χ0v) is 27.9. The number of benzene rings is 3. The van der Waals surface area contributed by atoms with Crippen molar-refractivity contribution in [2.24, 2.45) is 0 Å². The van der Waals surface area contributed by atoms with Crippen molar-refractivity contribution in [1.29, 1.82) is 0 Å². The van der Waals surface area contributed by atoms with Crippen LogP contribution in [0.15, 0.2) is 54.6 Å². The highest BCUT2D eigenvalue weighted by molar-refractivity contribution is 5.93. The molecule has 45 heavy (non-hydrogen) atoms. The molecule has 9 nitrogen and oxygen atoms in total. The maximum atomic E-state index is 11.5. The Kier molecular flexibility index (Phi) is 18.2. The molecular formula is C36H51N3O6. The molecule has 3 aromatic carbocycles. The Labute approximate surface area is 268 Å². The number of carbonyl (C=O) groups is 3. The molecule has 0 aliphatic heterocycles. The van der Waals surface area contributed by atoms with Crippen molar-refractivity contribution in [3.63, 3.8) is 0 Å². The molecule has 0 saturated heterocycles. The van der Waals surface area contributed by atoms with Crippen LogP contribution in [0, 0.1) is 20.8 Å². The summed E-state index contributed by atoms with van der Waals surface area (Å²) in [6.07, 6.45) is 7.09. The van der Waals surface area contributed by atoms with Crippen LogP contribution in [-0.2, 0) is 9.47 Å². The van der Waals surface area contributed by atoms with E-state index in [1.54, 1.807) is 43.3 Å². The van der Waals surface area contributed by atoms with E-state index in [4.69, 9.17) is 15.6 Å². The van der Waals surface area contributed by atoms with Crippen molar-refractivity contribution < 1.29 is 29.0 Å². The largest absolute Gasteiger partial charge is 0.478 e. The number of anilines is 3. The van der Waals surface area contributed by atoms with Gasteiger partial charge in [0.15, 0.2) is 0 Å².